The summed E-state index contributed by atoms with van der Waals surface area (Å²) in [4.78, 5) is 48.1. The lowest BCUT2D eigenvalue weighted by molar-refractivity contribution is -0.384. The number of anilines is 2. The highest BCUT2D eigenvalue weighted by Crippen LogP contribution is 2.28. The summed E-state index contributed by atoms with van der Waals surface area (Å²) in [6.07, 6.45) is 1.53. The molecule has 0 aliphatic carbocycles. The molecule has 0 N–H and O–H groups in total. The Balaban J connectivity index is 1.23. The van der Waals surface area contributed by atoms with Gasteiger partial charge in [0.1, 0.15) is 11.5 Å². The first-order chi connectivity index (χ1) is 17.0. The van der Waals surface area contributed by atoms with Gasteiger partial charge < -0.3 is 19.4 Å². The molecule has 11 heteroatoms. The number of rotatable bonds is 7. The molecule has 0 atom stereocenters. The van der Waals surface area contributed by atoms with Gasteiger partial charge >= 0.3 is 5.97 Å². The molecule has 4 rings (SSSR count). The van der Waals surface area contributed by atoms with Gasteiger partial charge in [-0.2, -0.15) is 0 Å². The minimum Gasteiger partial charge on any atom is -0.462 e. The fourth-order valence-electron chi connectivity index (χ4n) is 4.42. The number of pyridine rings is 1. The Morgan fingerprint density at radius 1 is 0.971 bits per heavy atom. The van der Waals surface area contributed by atoms with Crippen LogP contribution in [0.5, 0.6) is 0 Å². The van der Waals surface area contributed by atoms with Gasteiger partial charge in [0, 0.05) is 64.6 Å². The summed E-state index contributed by atoms with van der Waals surface area (Å²) >= 11 is 0. The molecule has 0 radical (unpaired) electrons. The third kappa shape index (κ3) is 5.86. The van der Waals surface area contributed by atoms with Crippen LogP contribution in [-0.2, 0) is 9.53 Å². The number of nitro benzene ring substituents is 1. The number of aromatic nitrogens is 1. The second kappa shape index (κ2) is 11.1. The summed E-state index contributed by atoms with van der Waals surface area (Å²) in [6.45, 7) is 7.63. The van der Waals surface area contributed by atoms with Crippen LogP contribution in [0.1, 0.15) is 17.3 Å². The number of nitrogens with zero attached hydrogens (tertiary/aromatic N) is 6. The van der Waals surface area contributed by atoms with Crippen LogP contribution in [0.4, 0.5) is 17.2 Å². The molecule has 2 aliphatic rings. The van der Waals surface area contributed by atoms with Crippen LogP contribution in [0.3, 0.4) is 0 Å². The molecule has 0 spiro atoms. The number of nitro groups is 1. The first-order valence-corrected chi connectivity index (χ1v) is 11.8. The number of carbonyl (C=O) groups is 2. The van der Waals surface area contributed by atoms with Crippen molar-refractivity contribution >= 4 is 29.1 Å². The van der Waals surface area contributed by atoms with Crippen LogP contribution < -0.4 is 9.80 Å². The molecule has 3 heterocycles. The lowest BCUT2D eigenvalue weighted by Crippen LogP contribution is -2.54. The number of hydrogen-bond donors (Lipinski definition) is 0. The van der Waals surface area contributed by atoms with E-state index in [1.54, 1.807) is 31.2 Å². The monoisotopic (exact) mass is 482 g/mol. The Hall–Kier alpha value is -3.73. The van der Waals surface area contributed by atoms with Crippen LogP contribution in [0, 0.1) is 10.1 Å². The zero-order valence-corrected chi connectivity index (χ0v) is 19.8. The van der Waals surface area contributed by atoms with E-state index in [4.69, 9.17) is 4.74 Å². The van der Waals surface area contributed by atoms with Crippen molar-refractivity contribution in [3.05, 3.63) is 58.3 Å². The highest BCUT2D eigenvalue weighted by molar-refractivity contribution is 5.89. The third-order valence-corrected chi connectivity index (χ3v) is 6.37. The van der Waals surface area contributed by atoms with Crippen molar-refractivity contribution in [3.8, 4) is 0 Å². The molecular weight excluding hydrogens is 452 g/mol. The number of carbonyl (C=O) groups excluding carboxylic acids is 2. The van der Waals surface area contributed by atoms with Crippen LogP contribution in [-0.4, -0.2) is 97.1 Å². The third-order valence-electron chi connectivity index (χ3n) is 6.37. The summed E-state index contributed by atoms with van der Waals surface area (Å²) in [6, 6.07) is 10.3. The molecule has 1 amide bonds. The van der Waals surface area contributed by atoms with E-state index < -0.39 is 0 Å². The fraction of sp³-hybridized carbons (Fsp3) is 0.458. The number of esters is 1. The van der Waals surface area contributed by atoms with Crippen molar-refractivity contribution in [1.82, 2.24) is 14.8 Å². The maximum absolute atomic E-state index is 12.9. The van der Waals surface area contributed by atoms with Gasteiger partial charge in [-0.3, -0.25) is 19.8 Å². The molecule has 0 bridgehead atoms. The Morgan fingerprint density at radius 2 is 1.66 bits per heavy atom. The first-order valence-electron chi connectivity index (χ1n) is 11.8. The second-order valence-corrected chi connectivity index (χ2v) is 8.50. The van der Waals surface area contributed by atoms with Gasteiger partial charge in [-0.1, -0.05) is 12.1 Å². The van der Waals surface area contributed by atoms with E-state index in [0.29, 0.717) is 50.6 Å². The van der Waals surface area contributed by atoms with E-state index in [9.17, 15) is 19.7 Å². The summed E-state index contributed by atoms with van der Waals surface area (Å²) < 4.78 is 4.99. The number of para-hydroxylation sites is 2. The highest BCUT2D eigenvalue weighted by Gasteiger charge is 2.27. The SMILES string of the molecule is CCOC(=O)c1ccc(N2CCN(CC(=O)N3CCN(c4ccccc4[N+](=O)[O-])CC3)CC2)nc1. The zero-order chi connectivity index (χ0) is 24.8. The maximum Gasteiger partial charge on any atom is 0.339 e. The molecule has 2 saturated heterocycles. The molecule has 0 saturated carbocycles. The lowest BCUT2D eigenvalue weighted by Gasteiger charge is -2.38. The number of piperazine rings is 2. The van der Waals surface area contributed by atoms with Crippen molar-refractivity contribution < 1.29 is 19.2 Å². The van der Waals surface area contributed by atoms with Crippen LogP contribution in [0.15, 0.2) is 42.6 Å². The minimum absolute atomic E-state index is 0.0811. The Kier molecular flexibility index (Phi) is 7.76. The number of amides is 1. The molecule has 0 unspecified atom stereocenters. The Labute approximate surface area is 204 Å². The van der Waals surface area contributed by atoms with Gasteiger partial charge in [0.2, 0.25) is 5.91 Å². The average molecular weight is 483 g/mol. The molecule has 2 fully saturated rings. The summed E-state index contributed by atoms with van der Waals surface area (Å²) in [5, 5.41) is 11.3. The molecule has 2 aliphatic heterocycles. The Bertz CT molecular complexity index is 1050. The summed E-state index contributed by atoms with van der Waals surface area (Å²) in [5.41, 5.74) is 1.13. The maximum atomic E-state index is 12.9. The van der Waals surface area contributed by atoms with Crippen molar-refractivity contribution in [2.75, 3.05) is 75.3 Å². The van der Waals surface area contributed by atoms with Crippen molar-refractivity contribution in [2.24, 2.45) is 0 Å². The van der Waals surface area contributed by atoms with E-state index in [1.807, 2.05) is 15.9 Å². The predicted molar refractivity (Wildman–Crippen MR) is 131 cm³/mol. The molecule has 186 valence electrons. The number of benzene rings is 1. The Morgan fingerprint density at radius 3 is 2.29 bits per heavy atom. The molecule has 11 nitrogen and oxygen atoms in total. The van der Waals surface area contributed by atoms with Crippen LogP contribution in [0.25, 0.3) is 0 Å². The minimum atomic E-state index is -0.377. The highest BCUT2D eigenvalue weighted by atomic mass is 16.6. The van der Waals surface area contributed by atoms with Gasteiger partial charge in [0.15, 0.2) is 0 Å². The lowest BCUT2D eigenvalue weighted by atomic mass is 10.2. The second-order valence-electron chi connectivity index (χ2n) is 8.50. The molecule has 35 heavy (non-hydrogen) atoms. The quantitative estimate of drug-likeness (QED) is 0.330. The van der Waals surface area contributed by atoms with Gasteiger partial charge in [-0.25, -0.2) is 9.78 Å². The smallest absolute Gasteiger partial charge is 0.339 e. The van der Waals surface area contributed by atoms with Crippen LogP contribution >= 0.6 is 0 Å². The average Bonchev–Trinajstić information content (AvgIpc) is 2.89. The fourth-order valence-corrected chi connectivity index (χ4v) is 4.42. The van der Waals surface area contributed by atoms with E-state index in [-0.39, 0.29) is 22.5 Å². The normalized spacial score (nSPS) is 16.8. The number of ether oxygens (including phenoxy) is 1. The summed E-state index contributed by atoms with van der Waals surface area (Å²) in [5.74, 6) is 0.505. The van der Waals surface area contributed by atoms with E-state index in [0.717, 1.165) is 32.0 Å². The van der Waals surface area contributed by atoms with Gasteiger partial charge in [0.05, 0.1) is 23.6 Å². The van der Waals surface area contributed by atoms with Crippen molar-refractivity contribution in [3.63, 3.8) is 0 Å². The standard InChI is InChI=1S/C24H30N6O5/c1-2-35-24(32)19-7-8-22(25-17-19)28-11-9-26(10-12-28)18-23(31)29-15-13-27(14-16-29)20-5-3-4-6-21(20)30(33)34/h3-8,17H,2,9-16,18H2,1H3. The summed E-state index contributed by atoms with van der Waals surface area (Å²) in [7, 11) is 0. The first kappa shape index (κ1) is 24.4. The van der Waals surface area contributed by atoms with Gasteiger partial charge in [-0.05, 0) is 25.1 Å². The molecule has 1 aromatic heterocycles. The van der Waals surface area contributed by atoms with E-state index >= 15 is 0 Å². The van der Waals surface area contributed by atoms with Crippen LogP contribution in [0.2, 0.25) is 0 Å². The molecular formula is C24H30N6O5. The molecule has 2 aromatic rings. The van der Waals surface area contributed by atoms with Gasteiger partial charge in [-0.15, -0.1) is 0 Å². The number of hydrogen-bond acceptors (Lipinski definition) is 9. The zero-order valence-electron chi connectivity index (χ0n) is 19.8. The molecule has 1 aromatic carbocycles. The van der Waals surface area contributed by atoms with Crippen molar-refractivity contribution in [1.29, 1.82) is 0 Å². The topological polar surface area (TPSA) is 112 Å². The predicted octanol–water partition coefficient (Wildman–Crippen LogP) is 1.64. The van der Waals surface area contributed by atoms with E-state index in [1.165, 1.54) is 12.3 Å². The van der Waals surface area contributed by atoms with Crippen molar-refractivity contribution in [2.45, 2.75) is 6.92 Å². The van der Waals surface area contributed by atoms with Gasteiger partial charge in [0.25, 0.3) is 5.69 Å². The van der Waals surface area contributed by atoms with E-state index in [2.05, 4.69) is 14.8 Å². The largest absolute Gasteiger partial charge is 0.462 e.